The van der Waals surface area contributed by atoms with Gasteiger partial charge in [-0.25, -0.2) is 0 Å². The van der Waals surface area contributed by atoms with Gasteiger partial charge in [0, 0.05) is 0 Å². The maximum atomic E-state index is 12.7. The van der Waals surface area contributed by atoms with Gasteiger partial charge in [-0.2, -0.15) is 0 Å². The van der Waals surface area contributed by atoms with Crippen LogP contribution in [0.5, 0.6) is 0 Å². The van der Waals surface area contributed by atoms with Crippen LogP contribution in [0.2, 0.25) is 0 Å². The molecule has 0 saturated heterocycles. The van der Waals surface area contributed by atoms with Crippen molar-refractivity contribution in [3.8, 4) is 0 Å². The topological polar surface area (TPSA) is 127 Å². The van der Waals surface area contributed by atoms with E-state index in [0.29, 0.717) is 24.7 Å². The highest BCUT2D eigenvalue weighted by Gasteiger charge is 2.50. The molecule has 1 rings (SSSR count). The number of carboxylic acids is 2. The fourth-order valence-corrected chi connectivity index (χ4v) is 4.14. The maximum Gasteiger partial charge on any atom is 0.309 e. The number of unbranched alkanes of at least 4 members (excludes halogenated alkanes) is 2. The van der Waals surface area contributed by atoms with E-state index in [1.807, 2.05) is 0 Å². The molecule has 1 fully saturated rings. The number of carboxylic acid groups (broad SMARTS) is 2. The predicted octanol–water partition coefficient (Wildman–Crippen LogP) is 4.15. The average Bonchev–Trinajstić information content (AvgIpc) is 2.71. The molecule has 0 bridgehead atoms. The van der Waals surface area contributed by atoms with E-state index in [-0.39, 0.29) is 26.1 Å². The summed E-state index contributed by atoms with van der Waals surface area (Å²) in [6, 6.07) is 0. The van der Waals surface area contributed by atoms with Crippen molar-refractivity contribution < 1.29 is 38.9 Å². The first-order valence-corrected chi connectivity index (χ1v) is 11.8. The Balaban J connectivity index is 2.79. The van der Waals surface area contributed by atoms with Gasteiger partial charge in [-0.15, -0.1) is 0 Å². The molecule has 8 nitrogen and oxygen atoms in total. The second-order valence-electron chi connectivity index (χ2n) is 9.69. The predicted molar refractivity (Wildman–Crippen MR) is 118 cm³/mol. The second-order valence-corrected chi connectivity index (χ2v) is 9.69. The minimum atomic E-state index is -1.28. The molecule has 0 heterocycles. The van der Waals surface area contributed by atoms with Crippen molar-refractivity contribution in [1.82, 2.24) is 0 Å². The lowest BCUT2D eigenvalue weighted by atomic mass is 9.68. The van der Waals surface area contributed by atoms with Gasteiger partial charge in [-0.05, 0) is 50.4 Å². The minimum absolute atomic E-state index is 0.194. The molecule has 1 saturated carbocycles. The average molecular weight is 457 g/mol. The molecule has 0 aromatic heterocycles. The highest BCUT2D eigenvalue weighted by atomic mass is 16.5. The molecule has 32 heavy (non-hydrogen) atoms. The summed E-state index contributed by atoms with van der Waals surface area (Å²) in [5.74, 6) is -7.29. The molecule has 0 amide bonds. The van der Waals surface area contributed by atoms with Gasteiger partial charge in [0.05, 0.1) is 36.9 Å². The molecular formula is C24H40O8. The Bertz CT molecular complexity index is 573. The van der Waals surface area contributed by atoms with Crippen molar-refractivity contribution in [2.75, 3.05) is 13.2 Å². The number of hydrogen-bond acceptors (Lipinski definition) is 6. The molecule has 2 N–H and O–H groups in total. The van der Waals surface area contributed by atoms with E-state index in [1.165, 1.54) is 0 Å². The fourth-order valence-electron chi connectivity index (χ4n) is 4.14. The largest absolute Gasteiger partial charge is 0.481 e. The zero-order chi connectivity index (χ0) is 24.3. The Morgan fingerprint density at radius 2 is 1.00 bits per heavy atom. The smallest absolute Gasteiger partial charge is 0.309 e. The summed E-state index contributed by atoms with van der Waals surface area (Å²) in [5, 5.41) is 19.0. The van der Waals surface area contributed by atoms with Gasteiger partial charge in [0.1, 0.15) is 0 Å². The Morgan fingerprint density at radius 3 is 1.28 bits per heavy atom. The lowest BCUT2D eigenvalue weighted by Crippen LogP contribution is -2.46. The highest BCUT2D eigenvalue weighted by Crippen LogP contribution is 2.40. The van der Waals surface area contributed by atoms with Crippen LogP contribution in [-0.4, -0.2) is 47.3 Å². The van der Waals surface area contributed by atoms with Crippen LogP contribution in [0.25, 0.3) is 0 Å². The van der Waals surface area contributed by atoms with Crippen molar-refractivity contribution in [1.29, 1.82) is 0 Å². The molecule has 4 atom stereocenters. The van der Waals surface area contributed by atoms with Crippen LogP contribution in [0.1, 0.15) is 79.1 Å². The summed E-state index contributed by atoms with van der Waals surface area (Å²) in [7, 11) is 0. The normalized spacial score (nSPS) is 23.2. The lowest BCUT2D eigenvalue weighted by Gasteiger charge is -2.35. The van der Waals surface area contributed by atoms with Gasteiger partial charge in [-0.1, -0.05) is 40.5 Å². The van der Waals surface area contributed by atoms with Crippen LogP contribution < -0.4 is 0 Å². The van der Waals surface area contributed by atoms with E-state index < -0.39 is 47.5 Å². The van der Waals surface area contributed by atoms with E-state index in [9.17, 15) is 29.4 Å². The van der Waals surface area contributed by atoms with Gasteiger partial charge in [-0.3, -0.25) is 19.2 Å². The van der Waals surface area contributed by atoms with Crippen LogP contribution in [0.4, 0.5) is 0 Å². The van der Waals surface area contributed by atoms with E-state index in [4.69, 9.17) is 9.47 Å². The molecule has 4 unspecified atom stereocenters. The van der Waals surface area contributed by atoms with Crippen LogP contribution in [0, 0.1) is 35.5 Å². The quantitative estimate of drug-likeness (QED) is 0.295. The molecule has 0 aromatic rings. The molecule has 1 aliphatic carbocycles. The van der Waals surface area contributed by atoms with Crippen LogP contribution in [-0.2, 0) is 28.7 Å². The van der Waals surface area contributed by atoms with Crippen molar-refractivity contribution in [3.63, 3.8) is 0 Å². The zero-order valence-electron chi connectivity index (χ0n) is 19.9. The van der Waals surface area contributed by atoms with Crippen LogP contribution >= 0.6 is 0 Å². The number of carbonyl (C=O) groups excluding carboxylic acids is 2. The number of ether oxygens (including phenoxy) is 2. The number of carbonyl (C=O) groups is 4. The third-order valence-corrected chi connectivity index (χ3v) is 6.07. The van der Waals surface area contributed by atoms with E-state index in [2.05, 4.69) is 27.7 Å². The van der Waals surface area contributed by atoms with Crippen molar-refractivity contribution in [2.45, 2.75) is 79.1 Å². The van der Waals surface area contributed by atoms with Crippen LogP contribution in [0.3, 0.4) is 0 Å². The molecule has 0 aromatic carbocycles. The number of aliphatic carboxylic acids is 2. The Hall–Kier alpha value is -2.12. The zero-order valence-corrected chi connectivity index (χ0v) is 19.9. The lowest BCUT2D eigenvalue weighted by molar-refractivity contribution is -0.172. The molecule has 1 aliphatic rings. The first-order valence-electron chi connectivity index (χ1n) is 11.8. The summed E-state index contributed by atoms with van der Waals surface area (Å²) in [5.41, 5.74) is 0. The summed E-state index contributed by atoms with van der Waals surface area (Å²) < 4.78 is 10.7. The SMILES string of the molecule is CC(C)CCCCOC(=O)C1CC(C(=O)O)C(C(=O)O)CC1C(=O)OCCCCC(C)C. The summed E-state index contributed by atoms with van der Waals surface area (Å²) in [4.78, 5) is 48.8. The molecule has 0 spiro atoms. The van der Waals surface area contributed by atoms with Crippen molar-refractivity contribution in [3.05, 3.63) is 0 Å². The molecule has 0 radical (unpaired) electrons. The number of hydrogen-bond donors (Lipinski definition) is 2. The summed E-state index contributed by atoms with van der Waals surface area (Å²) in [6.45, 7) is 8.82. The second kappa shape index (κ2) is 14.1. The third kappa shape index (κ3) is 9.57. The van der Waals surface area contributed by atoms with E-state index in [0.717, 1.165) is 25.7 Å². The van der Waals surface area contributed by atoms with Gasteiger partial charge in [0.2, 0.25) is 0 Å². The molecule has 8 heteroatoms. The minimum Gasteiger partial charge on any atom is -0.481 e. The highest BCUT2D eigenvalue weighted by molar-refractivity contribution is 5.86. The van der Waals surface area contributed by atoms with E-state index >= 15 is 0 Å². The third-order valence-electron chi connectivity index (χ3n) is 6.07. The summed E-state index contributed by atoms with van der Waals surface area (Å²) in [6.07, 6.45) is 4.69. The number of esters is 2. The van der Waals surface area contributed by atoms with Gasteiger partial charge in [0.25, 0.3) is 0 Å². The maximum absolute atomic E-state index is 12.7. The Labute approximate surface area is 191 Å². The van der Waals surface area contributed by atoms with Crippen molar-refractivity contribution in [2.24, 2.45) is 35.5 Å². The molecule has 0 aliphatic heterocycles. The first kappa shape index (κ1) is 27.9. The van der Waals surface area contributed by atoms with Gasteiger partial charge >= 0.3 is 23.9 Å². The van der Waals surface area contributed by atoms with Gasteiger partial charge in [0.15, 0.2) is 0 Å². The van der Waals surface area contributed by atoms with Crippen molar-refractivity contribution >= 4 is 23.9 Å². The fraction of sp³-hybridized carbons (Fsp3) is 0.833. The Kier molecular flexibility index (Phi) is 12.3. The van der Waals surface area contributed by atoms with E-state index in [1.54, 1.807) is 0 Å². The van der Waals surface area contributed by atoms with Gasteiger partial charge < -0.3 is 19.7 Å². The number of rotatable bonds is 14. The monoisotopic (exact) mass is 456 g/mol. The Morgan fingerprint density at radius 1 is 0.656 bits per heavy atom. The molecule has 184 valence electrons. The standard InChI is InChI=1S/C24H40O8/c1-15(2)9-5-7-11-31-23(29)19-13-17(21(25)26)18(22(27)28)14-20(19)24(30)32-12-8-6-10-16(3)4/h15-20H,5-14H2,1-4H3,(H,25,26)(H,27,28). The van der Waals surface area contributed by atoms with Crippen LogP contribution in [0.15, 0.2) is 0 Å². The first-order chi connectivity index (χ1) is 15.0. The summed E-state index contributed by atoms with van der Waals surface area (Å²) >= 11 is 0. The molecular weight excluding hydrogens is 416 g/mol.